The van der Waals surface area contributed by atoms with Crippen molar-refractivity contribution < 1.29 is 21.8 Å². The van der Waals surface area contributed by atoms with Crippen molar-refractivity contribution in [1.82, 2.24) is 0 Å². The second kappa shape index (κ2) is 28.0. The van der Waals surface area contributed by atoms with Crippen LogP contribution in [-0.2, 0) is 11.5 Å². The van der Waals surface area contributed by atoms with Crippen molar-refractivity contribution in [3.63, 3.8) is 0 Å². The van der Waals surface area contributed by atoms with Crippen LogP contribution in [0.2, 0.25) is 0 Å². The van der Waals surface area contributed by atoms with Crippen molar-refractivity contribution in [2.75, 3.05) is 0 Å². The number of aldehydes is 1. The Morgan fingerprint density at radius 3 is 0.919 bits per heavy atom. The number of rotatable bonds is 9. The third-order valence-electron chi connectivity index (χ3n) is 9.21. The summed E-state index contributed by atoms with van der Waals surface area (Å²) in [5.41, 5.74) is 5.77. The van der Waals surface area contributed by atoms with Crippen molar-refractivity contribution >= 4 is 137 Å². The maximum absolute atomic E-state index is 10.1. The van der Waals surface area contributed by atoms with Crippen LogP contribution in [0.3, 0.4) is 0 Å². The highest BCUT2D eigenvalue weighted by Gasteiger charge is 2.45. The normalized spacial score (nSPS) is 10.4. The molecule has 314 valence electrons. The van der Waals surface area contributed by atoms with Crippen molar-refractivity contribution in [2.24, 2.45) is 0 Å². The molecular formula is C53H42Br7OP. The first-order valence-electron chi connectivity index (χ1n) is 19.2. The van der Waals surface area contributed by atoms with Crippen LogP contribution >= 0.6 is 103 Å². The molecule has 0 saturated heterocycles. The van der Waals surface area contributed by atoms with E-state index in [9.17, 15) is 4.79 Å². The Labute approximate surface area is 428 Å². The molecule has 0 atom stereocenters. The first kappa shape index (κ1) is 51.6. The number of carbonyl (C=O) groups is 1. The van der Waals surface area contributed by atoms with Gasteiger partial charge in [0, 0.05) is 33.3 Å². The summed E-state index contributed by atoms with van der Waals surface area (Å²) in [6, 6.07) is 73.8. The summed E-state index contributed by atoms with van der Waals surface area (Å²) in [5.74, 6) is 0. The maximum Gasteiger partial charge on any atom is 0.150 e. The van der Waals surface area contributed by atoms with Gasteiger partial charge in [0.05, 0.1) is 6.16 Å². The van der Waals surface area contributed by atoms with Crippen molar-refractivity contribution in [1.29, 1.82) is 0 Å². The predicted molar refractivity (Wildman–Crippen MR) is 287 cm³/mol. The quantitative estimate of drug-likeness (QED) is 0.0609. The molecule has 0 aliphatic rings. The van der Waals surface area contributed by atoms with Crippen LogP contribution in [-0.4, -0.2) is 6.29 Å². The van der Waals surface area contributed by atoms with E-state index in [0.717, 1.165) is 40.1 Å². The SMILES string of the molecule is BrCc1ccc(Br)cc1.Brc1ccc(/C=C/c2ccc(Br)cc2)cc1.Brc1ccc(C[P+](c2ccccc2)(c2ccccc2)c2ccccc2)cc1.O=Cc1ccc(Br)cc1.[Br-]. The van der Waals surface area contributed by atoms with Gasteiger partial charge >= 0.3 is 0 Å². The molecule has 8 aromatic rings. The molecule has 0 spiro atoms. The molecule has 0 bridgehead atoms. The third-order valence-corrected chi connectivity index (χ3v) is 16.9. The second-order valence-electron chi connectivity index (χ2n) is 13.5. The van der Waals surface area contributed by atoms with Gasteiger partial charge in [0.15, 0.2) is 0 Å². The summed E-state index contributed by atoms with van der Waals surface area (Å²) in [6.07, 6.45) is 6.05. The molecule has 0 saturated carbocycles. The molecule has 0 aromatic heterocycles. The second-order valence-corrected chi connectivity index (χ2v) is 22.1. The molecule has 9 heteroatoms. The van der Waals surface area contributed by atoms with Gasteiger partial charge in [-0.05, 0) is 119 Å². The highest BCUT2D eigenvalue weighted by Crippen LogP contribution is 2.58. The van der Waals surface area contributed by atoms with E-state index in [4.69, 9.17) is 0 Å². The molecule has 0 aliphatic heterocycles. The van der Waals surface area contributed by atoms with Crippen LogP contribution in [0.4, 0.5) is 0 Å². The Kier molecular flexibility index (Phi) is 23.3. The maximum atomic E-state index is 10.1. The predicted octanol–water partition coefficient (Wildman–Crippen LogP) is 13.9. The summed E-state index contributed by atoms with van der Waals surface area (Å²) in [6.45, 7) is 0. The summed E-state index contributed by atoms with van der Waals surface area (Å²) < 4.78 is 5.45. The Hall–Kier alpha value is -3.04. The number of hydrogen-bond acceptors (Lipinski definition) is 1. The standard InChI is InChI=1S/C25H21BrP.C14H10Br2.C7H6Br2.C7H5BrO.BrH/c26-22-18-16-21(17-19-22)20-27(23-10-4-1-5-11-23,24-12-6-2-7-13-24)25-14-8-3-9-15-25;15-13-7-3-11(4-8-13)1-2-12-5-9-14(16)10-6-12;8-5-6-1-3-7(9)4-2-6;8-7-3-1-6(5-9)2-4-7;/h1-19H,20H2;1-10H;1-4H,5H2;1-5H;1H/q+1;;;;/p-1/b;2-1+;;;. The van der Waals surface area contributed by atoms with Gasteiger partial charge in [-0.25, -0.2) is 0 Å². The number of alkyl halides is 1. The van der Waals surface area contributed by atoms with Crippen LogP contribution < -0.4 is 32.9 Å². The van der Waals surface area contributed by atoms with Gasteiger partial charge in [0.25, 0.3) is 0 Å². The molecule has 1 nitrogen and oxygen atoms in total. The monoisotopic (exact) mass is 1280 g/mol. The van der Waals surface area contributed by atoms with E-state index in [0.29, 0.717) is 5.56 Å². The zero-order valence-electron chi connectivity index (χ0n) is 33.4. The number of halogens is 7. The minimum absolute atomic E-state index is 0. The van der Waals surface area contributed by atoms with Gasteiger partial charge in [0.2, 0.25) is 0 Å². The number of carbonyl (C=O) groups excluding carboxylic acids is 1. The van der Waals surface area contributed by atoms with E-state index in [1.165, 1.54) is 38.2 Å². The summed E-state index contributed by atoms with van der Waals surface area (Å²) in [5, 5.41) is 5.20. The third kappa shape index (κ3) is 16.8. The van der Waals surface area contributed by atoms with Crippen LogP contribution in [0.1, 0.15) is 32.6 Å². The van der Waals surface area contributed by atoms with Gasteiger partial charge in [-0.15, -0.1) is 0 Å². The summed E-state index contributed by atoms with van der Waals surface area (Å²) in [7, 11) is -1.81. The zero-order chi connectivity index (χ0) is 43.3. The minimum atomic E-state index is -1.81. The van der Waals surface area contributed by atoms with Gasteiger partial charge in [-0.1, -0.05) is 223 Å². The molecule has 62 heavy (non-hydrogen) atoms. The van der Waals surface area contributed by atoms with E-state index in [-0.39, 0.29) is 17.0 Å². The molecule has 8 rings (SSSR count). The van der Waals surface area contributed by atoms with E-state index < -0.39 is 7.26 Å². The lowest BCUT2D eigenvalue weighted by atomic mass is 10.1. The summed E-state index contributed by atoms with van der Waals surface area (Å²) >= 11 is 20.4. The topological polar surface area (TPSA) is 17.1 Å². The van der Waals surface area contributed by atoms with Crippen LogP contribution in [0, 0.1) is 0 Å². The zero-order valence-corrected chi connectivity index (χ0v) is 45.4. The molecule has 0 unspecified atom stereocenters. The fourth-order valence-electron chi connectivity index (χ4n) is 6.09. The van der Waals surface area contributed by atoms with Crippen LogP contribution in [0.15, 0.2) is 235 Å². The van der Waals surface area contributed by atoms with Crippen LogP contribution in [0.25, 0.3) is 12.2 Å². The fraction of sp³-hybridized carbons (Fsp3) is 0.0377. The first-order chi connectivity index (χ1) is 29.7. The first-order valence-corrected chi connectivity index (χ1v) is 26.2. The molecule has 0 fully saturated rings. The average Bonchev–Trinajstić information content (AvgIpc) is 3.31. The lowest BCUT2D eigenvalue weighted by Crippen LogP contribution is -3.00. The molecule has 0 aliphatic carbocycles. The smallest absolute Gasteiger partial charge is 0.150 e. The largest absolute Gasteiger partial charge is 1.00 e. The molecule has 0 heterocycles. The lowest BCUT2D eigenvalue weighted by Gasteiger charge is -2.27. The van der Waals surface area contributed by atoms with Gasteiger partial charge < -0.3 is 17.0 Å². The Balaban J connectivity index is 0.000000204. The highest BCUT2D eigenvalue weighted by molar-refractivity contribution is 9.11. The molecule has 8 aromatic carbocycles. The van der Waals surface area contributed by atoms with Gasteiger partial charge in [-0.2, -0.15) is 0 Å². The fourth-order valence-corrected chi connectivity index (χ4v) is 12.0. The van der Waals surface area contributed by atoms with Gasteiger partial charge in [-0.3, -0.25) is 4.79 Å². The van der Waals surface area contributed by atoms with Crippen molar-refractivity contribution in [3.05, 3.63) is 263 Å². The molecular weight excluding hydrogens is 1240 g/mol. The van der Waals surface area contributed by atoms with E-state index in [1.54, 1.807) is 12.1 Å². The highest BCUT2D eigenvalue weighted by atomic mass is 79.9. The Morgan fingerprint density at radius 2 is 0.629 bits per heavy atom. The molecule has 0 radical (unpaired) electrons. The van der Waals surface area contributed by atoms with E-state index >= 15 is 0 Å². The average molecular weight is 1290 g/mol. The van der Waals surface area contributed by atoms with E-state index in [2.05, 4.69) is 259 Å². The Bertz CT molecular complexity index is 2360. The van der Waals surface area contributed by atoms with Crippen molar-refractivity contribution in [3.8, 4) is 0 Å². The summed E-state index contributed by atoms with van der Waals surface area (Å²) in [4.78, 5) is 10.1. The molecule has 0 N–H and O–H groups in total. The van der Waals surface area contributed by atoms with Gasteiger partial charge in [0.1, 0.15) is 29.5 Å². The number of benzene rings is 8. The van der Waals surface area contributed by atoms with Crippen molar-refractivity contribution in [2.45, 2.75) is 11.5 Å². The van der Waals surface area contributed by atoms with E-state index in [1.807, 2.05) is 48.5 Å². The lowest BCUT2D eigenvalue weighted by molar-refractivity contribution is -0.0000175. The minimum Gasteiger partial charge on any atom is -1.00 e. The number of hydrogen-bond donors (Lipinski definition) is 0. The molecule has 0 amide bonds. The Morgan fingerprint density at radius 1 is 0.355 bits per heavy atom. The van der Waals surface area contributed by atoms with Crippen LogP contribution in [0.5, 0.6) is 0 Å².